The van der Waals surface area contributed by atoms with Crippen LogP contribution in [0.5, 0.6) is 0 Å². The third kappa shape index (κ3) is 3.52. The first-order chi connectivity index (χ1) is 8.38. The van der Waals surface area contributed by atoms with Gasteiger partial charge in [0.1, 0.15) is 5.56 Å². The molecule has 0 amide bonds. The number of nitrogens with zero attached hydrogens (tertiary/aromatic N) is 2. The molecule has 0 saturated heterocycles. The van der Waals surface area contributed by atoms with Crippen molar-refractivity contribution in [1.82, 2.24) is 19.8 Å². The van der Waals surface area contributed by atoms with E-state index in [1.807, 2.05) is 18.9 Å². The molecule has 0 atom stereocenters. The number of hydrogen-bond donors (Lipinski definition) is 3. The molecule has 0 unspecified atom stereocenters. The Morgan fingerprint density at radius 1 is 1.61 bits per heavy atom. The van der Waals surface area contributed by atoms with Gasteiger partial charge in [0.05, 0.1) is 6.20 Å². The second-order valence-electron chi connectivity index (χ2n) is 3.71. The minimum atomic E-state index is -3.87. The van der Waals surface area contributed by atoms with Crippen molar-refractivity contribution in [2.45, 2.75) is 11.9 Å². The first kappa shape index (κ1) is 14.6. The Morgan fingerprint density at radius 2 is 2.28 bits per heavy atom. The summed E-state index contributed by atoms with van der Waals surface area (Å²) in [6.45, 7) is 3.48. The first-order valence-corrected chi connectivity index (χ1v) is 6.81. The largest absolute Gasteiger partial charge is 0.478 e. The molecular formula is C9H16N4O4S. The predicted molar refractivity (Wildman–Crippen MR) is 63.9 cm³/mol. The number of aromatic nitrogens is 2. The Labute approximate surface area is 105 Å². The van der Waals surface area contributed by atoms with Crippen LogP contribution in [0.2, 0.25) is 0 Å². The van der Waals surface area contributed by atoms with Gasteiger partial charge < -0.3 is 10.0 Å². The normalized spacial score (nSPS) is 11.9. The molecule has 0 fully saturated rings. The van der Waals surface area contributed by atoms with Crippen LogP contribution in [-0.2, 0) is 10.0 Å². The van der Waals surface area contributed by atoms with E-state index in [4.69, 9.17) is 5.11 Å². The summed E-state index contributed by atoms with van der Waals surface area (Å²) in [7, 11) is -2.02. The van der Waals surface area contributed by atoms with E-state index in [1.54, 1.807) is 0 Å². The van der Waals surface area contributed by atoms with E-state index in [9.17, 15) is 13.2 Å². The maximum absolute atomic E-state index is 11.8. The SMILES string of the molecule is CCN(C)CCNS(=O)(=O)c1[nH]ncc1C(=O)O. The van der Waals surface area contributed by atoms with Gasteiger partial charge in [0, 0.05) is 13.1 Å². The van der Waals surface area contributed by atoms with Gasteiger partial charge >= 0.3 is 5.97 Å². The van der Waals surface area contributed by atoms with Crippen molar-refractivity contribution in [3.63, 3.8) is 0 Å². The molecular weight excluding hydrogens is 260 g/mol. The Balaban J connectivity index is 2.75. The summed E-state index contributed by atoms with van der Waals surface area (Å²) >= 11 is 0. The van der Waals surface area contributed by atoms with E-state index in [0.29, 0.717) is 6.54 Å². The molecule has 3 N–H and O–H groups in total. The van der Waals surface area contributed by atoms with E-state index in [1.165, 1.54) is 0 Å². The number of hydrogen-bond acceptors (Lipinski definition) is 5. The van der Waals surface area contributed by atoms with Gasteiger partial charge in [-0.15, -0.1) is 0 Å². The molecule has 1 aromatic rings. The van der Waals surface area contributed by atoms with Crippen LogP contribution < -0.4 is 4.72 Å². The van der Waals surface area contributed by atoms with Gasteiger partial charge in [-0.05, 0) is 13.6 Å². The highest BCUT2D eigenvalue weighted by Crippen LogP contribution is 2.11. The van der Waals surface area contributed by atoms with Gasteiger partial charge in [0.15, 0.2) is 5.03 Å². The number of rotatable bonds is 7. The van der Waals surface area contributed by atoms with Crippen molar-refractivity contribution < 1.29 is 18.3 Å². The van der Waals surface area contributed by atoms with Crippen LogP contribution in [0.3, 0.4) is 0 Å². The molecule has 102 valence electrons. The van der Waals surface area contributed by atoms with Crippen molar-refractivity contribution in [2.24, 2.45) is 0 Å². The Morgan fingerprint density at radius 3 is 2.83 bits per heavy atom. The number of H-pyrrole nitrogens is 1. The smallest absolute Gasteiger partial charge is 0.340 e. The molecule has 8 nitrogen and oxygen atoms in total. The molecule has 0 aliphatic heterocycles. The molecule has 1 aromatic heterocycles. The second kappa shape index (κ2) is 5.94. The number of sulfonamides is 1. The molecule has 0 aliphatic rings. The minimum absolute atomic E-state index is 0.199. The van der Waals surface area contributed by atoms with Crippen LogP contribution in [0.1, 0.15) is 17.3 Å². The van der Waals surface area contributed by atoms with Crippen molar-refractivity contribution in [3.8, 4) is 0 Å². The first-order valence-electron chi connectivity index (χ1n) is 5.33. The Kier molecular flexibility index (Phi) is 4.82. The molecule has 0 spiro atoms. The second-order valence-corrected chi connectivity index (χ2v) is 5.42. The van der Waals surface area contributed by atoms with Gasteiger partial charge in [-0.25, -0.2) is 17.9 Å². The number of carboxylic acid groups (broad SMARTS) is 1. The average molecular weight is 276 g/mol. The highest BCUT2D eigenvalue weighted by atomic mass is 32.2. The number of carbonyl (C=O) groups is 1. The fourth-order valence-corrected chi connectivity index (χ4v) is 2.34. The van der Waals surface area contributed by atoms with Gasteiger partial charge in [-0.1, -0.05) is 6.92 Å². The zero-order valence-electron chi connectivity index (χ0n) is 10.2. The molecule has 0 saturated carbocycles. The zero-order valence-corrected chi connectivity index (χ0v) is 11.0. The van der Waals surface area contributed by atoms with Gasteiger partial charge in [0.2, 0.25) is 0 Å². The molecule has 1 heterocycles. The lowest BCUT2D eigenvalue weighted by atomic mass is 10.4. The summed E-state index contributed by atoms with van der Waals surface area (Å²) in [4.78, 5) is 12.7. The van der Waals surface area contributed by atoms with Crippen molar-refractivity contribution >= 4 is 16.0 Å². The lowest BCUT2D eigenvalue weighted by Gasteiger charge is -2.13. The lowest BCUT2D eigenvalue weighted by Crippen LogP contribution is -2.33. The molecule has 1 rings (SSSR count). The lowest BCUT2D eigenvalue weighted by molar-refractivity contribution is 0.0692. The van der Waals surface area contributed by atoms with Crippen molar-refractivity contribution in [1.29, 1.82) is 0 Å². The van der Waals surface area contributed by atoms with Gasteiger partial charge in [-0.3, -0.25) is 5.10 Å². The summed E-state index contributed by atoms with van der Waals surface area (Å²) < 4.78 is 26.0. The third-order valence-electron chi connectivity index (χ3n) is 2.43. The number of carboxylic acids is 1. The van der Waals surface area contributed by atoms with E-state index >= 15 is 0 Å². The van der Waals surface area contributed by atoms with Crippen LogP contribution >= 0.6 is 0 Å². The number of aromatic amines is 1. The van der Waals surface area contributed by atoms with Crippen LogP contribution in [0.15, 0.2) is 11.2 Å². The zero-order chi connectivity index (χ0) is 13.8. The molecule has 0 bridgehead atoms. The Bertz CT molecular complexity index is 510. The predicted octanol–water partition coefficient (Wildman–Crippen LogP) is -0.662. The maximum Gasteiger partial charge on any atom is 0.340 e. The summed E-state index contributed by atoms with van der Waals surface area (Å²) in [5.74, 6) is -1.34. The Hall–Kier alpha value is -1.45. The van der Waals surface area contributed by atoms with Crippen LogP contribution in [0.4, 0.5) is 0 Å². The molecule has 0 aliphatic carbocycles. The average Bonchev–Trinajstić information content (AvgIpc) is 2.78. The van der Waals surface area contributed by atoms with E-state index in [0.717, 1.165) is 12.7 Å². The van der Waals surface area contributed by atoms with Crippen molar-refractivity contribution in [2.75, 3.05) is 26.7 Å². The summed E-state index contributed by atoms with van der Waals surface area (Å²) in [6.07, 6.45) is 0.967. The van der Waals surface area contributed by atoms with Crippen LogP contribution in [0, 0.1) is 0 Å². The third-order valence-corrected chi connectivity index (χ3v) is 3.86. The monoisotopic (exact) mass is 276 g/mol. The quantitative estimate of drug-likeness (QED) is 0.609. The van der Waals surface area contributed by atoms with E-state index in [-0.39, 0.29) is 12.1 Å². The molecule has 9 heteroatoms. The van der Waals surface area contributed by atoms with Crippen molar-refractivity contribution in [3.05, 3.63) is 11.8 Å². The standard InChI is InChI=1S/C9H16N4O4S/c1-3-13(2)5-4-11-18(16,17)8-7(9(14)15)6-10-12-8/h6,11H,3-5H2,1-2H3,(H,10,12)(H,14,15). The van der Waals surface area contributed by atoms with Crippen LogP contribution in [-0.4, -0.2) is 61.3 Å². The fourth-order valence-electron chi connectivity index (χ4n) is 1.23. The van der Waals surface area contributed by atoms with Gasteiger partial charge in [0.25, 0.3) is 10.0 Å². The fraction of sp³-hybridized carbons (Fsp3) is 0.556. The number of aromatic carboxylic acids is 1. The molecule has 0 aromatic carbocycles. The number of nitrogens with one attached hydrogen (secondary N) is 2. The van der Waals surface area contributed by atoms with E-state index < -0.39 is 21.0 Å². The summed E-state index contributed by atoms with van der Waals surface area (Å²) in [5, 5.41) is 14.0. The molecule has 18 heavy (non-hydrogen) atoms. The topological polar surface area (TPSA) is 115 Å². The van der Waals surface area contributed by atoms with Gasteiger partial charge in [-0.2, -0.15) is 5.10 Å². The molecule has 0 radical (unpaired) electrons. The maximum atomic E-state index is 11.8. The highest BCUT2D eigenvalue weighted by Gasteiger charge is 2.24. The minimum Gasteiger partial charge on any atom is -0.478 e. The number of likely N-dealkylation sites (N-methyl/N-ethyl adjacent to an activating group) is 1. The highest BCUT2D eigenvalue weighted by molar-refractivity contribution is 7.89. The summed E-state index contributed by atoms with van der Waals surface area (Å²) in [6, 6.07) is 0. The summed E-state index contributed by atoms with van der Waals surface area (Å²) in [5.41, 5.74) is -0.369. The van der Waals surface area contributed by atoms with Crippen LogP contribution in [0.25, 0.3) is 0 Å². The van der Waals surface area contributed by atoms with E-state index in [2.05, 4.69) is 14.9 Å².